The molecule has 0 radical (unpaired) electrons. The van der Waals surface area contributed by atoms with Crippen LogP contribution in [0.25, 0.3) is 0 Å². The van der Waals surface area contributed by atoms with Crippen LogP contribution in [0.15, 0.2) is 18.2 Å². The number of rotatable bonds is 2. The van der Waals surface area contributed by atoms with E-state index in [1.807, 2.05) is 6.07 Å². The van der Waals surface area contributed by atoms with Gasteiger partial charge in [-0.25, -0.2) is 9.07 Å². The summed E-state index contributed by atoms with van der Waals surface area (Å²) in [4.78, 5) is 0. The zero-order chi connectivity index (χ0) is 13.3. The number of hydrogen-bond donors (Lipinski definition) is 1. The van der Waals surface area contributed by atoms with Crippen LogP contribution in [0, 0.1) is 24.1 Å². The fourth-order valence-electron chi connectivity index (χ4n) is 1.59. The van der Waals surface area contributed by atoms with Gasteiger partial charge >= 0.3 is 0 Å². The van der Waals surface area contributed by atoms with Gasteiger partial charge in [-0.2, -0.15) is 10.4 Å². The molecule has 1 aromatic heterocycles. The molecule has 0 unspecified atom stereocenters. The zero-order valence-electron chi connectivity index (χ0n) is 9.94. The van der Waals surface area contributed by atoms with Crippen molar-refractivity contribution in [3.05, 3.63) is 35.3 Å². The van der Waals surface area contributed by atoms with Gasteiger partial charge in [0.1, 0.15) is 11.6 Å². The topological polar surface area (TPSA) is 76.9 Å². The third-order valence-electron chi connectivity index (χ3n) is 2.44. The SMILES string of the molecule is Cc1nn(C)c(Oc2ccc(N)cc2F)c1C#N. The Morgan fingerprint density at radius 1 is 1.50 bits per heavy atom. The highest BCUT2D eigenvalue weighted by atomic mass is 19.1. The van der Waals surface area contributed by atoms with Crippen molar-refractivity contribution >= 4 is 5.69 Å². The molecule has 2 aromatic rings. The molecule has 0 atom stereocenters. The molecule has 0 aliphatic rings. The quantitative estimate of drug-likeness (QED) is 0.823. The van der Waals surface area contributed by atoms with Crippen molar-refractivity contribution in [3.8, 4) is 17.7 Å². The minimum Gasteiger partial charge on any atom is -0.435 e. The number of aromatic nitrogens is 2. The van der Waals surface area contributed by atoms with E-state index < -0.39 is 5.82 Å². The average Bonchev–Trinajstić information content (AvgIpc) is 2.57. The van der Waals surface area contributed by atoms with Crippen LogP contribution in [0.2, 0.25) is 0 Å². The third kappa shape index (κ3) is 1.98. The van der Waals surface area contributed by atoms with Crippen LogP contribution in [0.4, 0.5) is 10.1 Å². The summed E-state index contributed by atoms with van der Waals surface area (Å²) < 4.78 is 20.4. The molecule has 5 nitrogen and oxygen atoms in total. The van der Waals surface area contributed by atoms with Crippen LogP contribution in [0.1, 0.15) is 11.3 Å². The van der Waals surface area contributed by atoms with Crippen molar-refractivity contribution in [1.82, 2.24) is 9.78 Å². The number of nitriles is 1. The van der Waals surface area contributed by atoms with Crippen molar-refractivity contribution in [3.63, 3.8) is 0 Å². The molecule has 2 rings (SSSR count). The van der Waals surface area contributed by atoms with E-state index in [-0.39, 0.29) is 17.2 Å². The predicted octanol–water partition coefficient (Wildman–Crippen LogP) is 2.11. The molecule has 18 heavy (non-hydrogen) atoms. The second-order valence-electron chi connectivity index (χ2n) is 3.79. The van der Waals surface area contributed by atoms with E-state index in [4.69, 9.17) is 15.7 Å². The van der Waals surface area contributed by atoms with Gasteiger partial charge in [0.15, 0.2) is 11.6 Å². The summed E-state index contributed by atoms with van der Waals surface area (Å²) in [6.45, 7) is 1.69. The second kappa shape index (κ2) is 4.37. The number of nitrogens with zero attached hydrogens (tertiary/aromatic N) is 3. The van der Waals surface area contributed by atoms with E-state index in [0.717, 1.165) is 6.07 Å². The smallest absolute Gasteiger partial charge is 0.236 e. The maximum absolute atomic E-state index is 13.6. The van der Waals surface area contributed by atoms with Crippen LogP contribution < -0.4 is 10.5 Å². The molecule has 0 amide bonds. The fraction of sp³-hybridized carbons (Fsp3) is 0.167. The van der Waals surface area contributed by atoms with Gasteiger partial charge in [0, 0.05) is 18.8 Å². The second-order valence-corrected chi connectivity index (χ2v) is 3.79. The molecule has 1 heterocycles. The fourth-order valence-corrected chi connectivity index (χ4v) is 1.59. The van der Waals surface area contributed by atoms with E-state index in [0.29, 0.717) is 11.4 Å². The van der Waals surface area contributed by atoms with Gasteiger partial charge in [-0.1, -0.05) is 0 Å². The van der Waals surface area contributed by atoms with Gasteiger partial charge in [0.25, 0.3) is 0 Å². The maximum Gasteiger partial charge on any atom is 0.236 e. The summed E-state index contributed by atoms with van der Waals surface area (Å²) >= 11 is 0. The van der Waals surface area contributed by atoms with Gasteiger partial charge in [-0.3, -0.25) is 0 Å². The normalized spacial score (nSPS) is 10.1. The Labute approximate surface area is 103 Å². The number of ether oxygens (including phenoxy) is 1. The Kier molecular flexibility index (Phi) is 2.90. The summed E-state index contributed by atoms with van der Waals surface area (Å²) in [5.41, 5.74) is 6.57. The molecule has 0 aliphatic heterocycles. The Morgan fingerprint density at radius 2 is 2.22 bits per heavy atom. The summed E-state index contributed by atoms with van der Waals surface area (Å²) in [5.74, 6) is -0.375. The number of aryl methyl sites for hydroxylation is 2. The van der Waals surface area contributed by atoms with Crippen LogP contribution in [-0.4, -0.2) is 9.78 Å². The van der Waals surface area contributed by atoms with E-state index in [2.05, 4.69) is 5.10 Å². The molecule has 0 fully saturated rings. The van der Waals surface area contributed by atoms with Crippen molar-refractivity contribution in [2.75, 3.05) is 5.73 Å². The largest absolute Gasteiger partial charge is 0.435 e. The van der Waals surface area contributed by atoms with Crippen LogP contribution in [-0.2, 0) is 7.05 Å². The number of benzene rings is 1. The molecular weight excluding hydrogens is 235 g/mol. The highest BCUT2D eigenvalue weighted by Gasteiger charge is 2.16. The maximum atomic E-state index is 13.6. The van der Waals surface area contributed by atoms with Crippen molar-refractivity contribution < 1.29 is 9.13 Å². The molecule has 92 valence electrons. The monoisotopic (exact) mass is 246 g/mol. The predicted molar refractivity (Wildman–Crippen MR) is 63.5 cm³/mol. The molecular formula is C12H11FN4O. The number of halogens is 1. The Balaban J connectivity index is 2.43. The molecule has 2 N–H and O–H groups in total. The van der Waals surface area contributed by atoms with Crippen molar-refractivity contribution in [2.24, 2.45) is 7.05 Å². The summed E-state index contributed by atoms with van der Waals surface area (Å²) in [6.07, 6.45) is 0. The Hall–Kier alpha value is -2.55. The first-order valence-corrected chi connectivity index (χ1v) is 5.19. The summed E-state index contributed by atoms with van der Waals surface area (Å²) in [5, 5.41) is 13.1. The molecule has 0 saturated heterocycles. The lowest BCUT2D eigenvalue weighted by molar-refractivity contribution is 0.403. The zero-order valence-corrected chi connectivity index (χ0v) is 9.94. The first-order valence-electron chi connectivity index (χ1n) is 5.19. The number of anilines is 1. The highest BCUT2D eigenvalue weighted by Crippen LogP contribution is 2.29. The van der Waals surface area contributed by atoms with Crippen LogP contribution in [0.5, 0.6) is 11.6 Å². The number of hydrogen-bond acceptors (Lipinski definition) is 4. The first kappa shape index (κ1) is 11.9. The van der Waals surface area contributed by atoms with E-state index in [1.165, 1.54) is 16.8 Å². The molecule has 0 aliphatic carbocycles. The van der Waals surface area contributed by atoms with Gasteiger partial charge < -0.3 is 10.5 Å². The average molecular weight is 246 g/mol. The van der Waals surface area contributed by atoms with Crippen molar-refractivity contribution in [1.29, 1.82) is 5.26 Å². The summed E-state index contributed by atoms with van der Waals surface area (Å²) in [7, 11) is 1.62. The molecule has 0 bridgehead atoms. The number of nitrogens with two attached hydrogens (primary N) is 1. The van der Waals surface area contributed by atoms with Gasteiger partial charge in [-0.05, 0) is 19.1 Å². The standard InChI is InChI=1S/C12H11FN4O/c1-7-9(6-14)12(17(2)16-7)18-11-4-3-8(15)5-10(11)13/h3-5H,15H2,1-2H3. The Morgan fingerprint density at radius 3 is 2.83 bits per heavy atom. The lowest BCUT2D eigenvalue weighted by atomic mass is 10.2. The lowest BCUT2D eigenvalue weighted by Crippen LogP contribution is -1.98. The molecule has 1 aromatic carbocycles. The lowest BCUT2D eigenvalue weighted by Gasteiger charge is -2.07. The number of nitrogen functional groups attached to an aromatic ring is 1. The molecule has 0 spiro atoms. The van der Waals surface area contributed by atoms with E-state index >= 15 is 0 Å². The van der Waals surface area contributed by atoms with Crippen LogP contribution >= 0.6 is 0 Å². The van der Waals surface area contributed by atoms with Gasteiger partial charge in [0.05, 0.1) is 5.69 Å². The van der Waals surface area contributed by atoms with Crippen LogP contribution in [0.3, 0.4) is 0 Å². The third-order valence-corrected chi connectivity index (χ3v) is 2.44. The van der Waals surface area contributed by atoms with E-state index in [1.54, 1.807) is 14.0 Å². The highest BCUT2D eigenvalue weighted by molar-refractivity contribution is 5.47. The van der Waals surface area contributed by atoms with Crippen molar-refractivity contribution in [2.45, 2.75) is 6.92 Å². The minimum atomic E-state index is -0.585. The van der Waals surface area contributed by atoms with Gasteiger partial charge in [0.2, 0.25) is 5.88 Å². The van der Waals surface area contributed by atoms with E-state index in [9.17, 15) is 4.39 Å². The molecule has 0 saturated carbocycles. The van der Waals surface area contributed by atoms with Gasteiger partial charge in [-0.15, -0.1) is 0 Å². The molecule has 6 heteroatoms. The Bertz CT molecular complexity index is 642. The summed E-state index contributed by atoms with van der Waals surface area (Å²) in [6, 6.07) is 6.07. The minimum absolute atomic E-state index is 0.00343. The first-order chi connectivity index (χ1) is 8.52.